The molecule has 31 heavy (non-hydrogen) atoms. The average molecular weight is 430 g/mol. The van der Waals surface area contributed by atoms with E-state index in [0.29, 0.717) is 5.13 Å². The Morgan fingerprint density at radius 3 is 2.52 bits per heavy atom. The highest BCUT2D eigenvalue weighted by molar-refractivity contribution is 7.22. The fourth-order valence-corrected chi connectivity index (χ4v) is 4.87. The summed E-state index contributed by atoms with van der Waals surface area (Å²) in [6, 6.07) is 20.2. The summed E-state index contributed by atoms with van der Waals surface area (Å²) >= 11 is 1.52. The summed E-state index contributed by atoms with van der Waals surface area (Å²) in [7, 11) is 0. The Morgan fingerprint density at radius 1 is 1.00 bits per heavy atom. The topological polar surface area (TPSA) is 71.0 Å². The normalized spacial score (nSPS) is 14.7. The summed E-state index contributed by atoms with van der Waals surface area (Å²) in [4.78, 5) is 19.4. The van der Waals surface area contributed by atoms with E-state index in [1.807, 2.05) is 48.5 Å². The lowest BCUT2D eigenvalue weighted by Crippen LogP contribution is -2.38. The number of hydrogen-bond donors (Lipinski definition) is 1. The van der Waals surface area contributed by atoms with Crippen LogP contribution in [0.5, 0.6) is 0 Å². The van der Waals surface area contributed by atoms with Crippen molar-refractivity contribution in [3.63, 3.8) is 0 Å². The highest BCUT2D eigenvalue weighted by Crippen LogP contribution is 2.28. The first-order valence-corrected chi connectivity index (χ1v) is 11.3. The van der Waals surface area contributed by atoms with Crippen LogP contribution in [0.4, 0.5) is 10.9 Å². The van der Waals surface area contributed by atoms with Gasteiger partial charge in [0.25, 0.3) is 0 Å². The number of aryl methyl sites for hydroxylation is 1. The molecule has 1 fully saturated rings. The molecular formula is C24H23N5OS. The molecule has 6 nitrogen and oxygen atoms in total. The van der Waals surface area contributed by atoms with Crippen LogP contribution >= 0.6 is 11.3 Å². The number of aromatic nitrogens is 3. The number of amides is 1. The number of para-hydroxylation sites is 1. The number of carbonyl (C=O) groups excluding carboxylic acids is 1. The lowest BCUT2D eigenvalue weighted by molar-refractivity contribution is -0.120. The second kappa shape index (κ2) is 8.43. The van der Waals surface area contributed by atoms with E-state index < -0.39 is 0 Å². The van der Waals surface area contributed by atoms with E-state index in [0.717, 1.165) is 53.2 Å². The van der Waals surface area contributed by atoms with Gasteiger partial charge in [-0.25, -0.2) is 4.98 Å². The van der Waals surface area contributed by atoms with Gasteiger partial charge in [-0.1, -0.05) is 47.7 Å². The van der Waals surface area contributed by atoms with Gasteiger partial charge in [-0.3, -0.25) is 4.79 Å². The van der Waals surface area contributed by atoms with E-state index >= 15 is 0 Å². The minimum Gasteiger partial charge on any atom is -0.355 e. The number of rotatable bonds is 4. The van der Waals surface area contributed by atoms with Crippen molar-refractivity contribution in [1.29, 1.82) is 0 Å². The van der Waals surface area contributed by atoms with Crippen LogP contribution in [0.3, 0.4) is 0 Å². The number of nitrogens with one attached hydrogen (secondary N) is 1. The lowest BCUT2D eigenvalue weighted by Gasteiger charge is -2.31. The lowest BCUT2D eigenvalue weighted by atomic mass is 9.96. The third-order valence-corrected chi connectivity index (χ3v) is 6.74. The van der Waals surface area contributed by atoms with Crippen molar-refractivity contribution in [2.45, 2.75) is 19.8 Å². The molecule has 0 atom stereocenters. The van der Waals surface area contributed by atoms with E-state index in [1.54, 1.807) is 0 Å². The summed E-state index contributed by atoms with van der Waals surface area (Å²) in [5, 5.41) is 12.6. The van der Waals surface area contributed by atoms with Crippen LogP contribution in [0.15, 0.2) is 60.7 Å². The molecule has 1 N–H and O–H groups in total. The molecule has 4 aromatic rings. The second-order valence-corrected chi connectivity index (χ2v) is 8.86. The van der Waals surface area contributed by atoms with Crippen molar-refractivity contribution in [3.05, 3.63) is 66.2 Å². The first-order chi connectivity index (χ1) is 15.2. The molecule has 0 radical (unpaired) electrons. The molecular weight excluding hydrogens is 406 g/mol. The van der Waals surface area contributed by atoms with E-state index in [4.69, 9.17) is 0 Å². The van der Waals surface area contributed by atoms with E-state index in [1.165, 1.54) is 16.9 Å². The molecule has 0 bridgehead atoms. The number of benzene rings is 2. The second-order valence-electron chi connectivity index (χ2n) is 7.83. The summed E-state index contributed by atoms with van der Waals surface area (Å²) < 4.78 is 1.08. The Balaban J connectivity index is 1.20. The highest BCUT2D eigenvalue weighted by atomic mass is 32.1. The summed E-state index contributed by atoms with van der Waals surface area (Å²) in [6.07, 6.45) is 1.58. The molecule has 0 saturated carbocycles. The third-order valence-electron chi connectivity index (χ3n) is 5.79. The van der Waals surface area contributed by atoms with Crippen LogP contribution < -0.4 is 10.2 Å². The SMILES string of the molecule is Cc1ccccc1-c1ccc(N2CCC(C(=O)Nc3nc4ccccc4s3)CC2)nn1. The van der Waals surface area contributed by atoms with Gasteiger partial charge in [-0.2, -0.15) is 0 Å². The zero-order valence-corrected chi connectivity index (χ0v) is 18.1. The van der Waals surface area contributed by atoms with Gasteiger partial charge in [0.2, 0.25) is 5.91 Å². The standard InChI is InChI=1S/C24H23N5OS/c1-16-6-2-3-7-18(16)19-10-11-22(28-27-19)29-14-12-17(13-15-29)23(30)26-24-25-20-8-4-5-9-21(20)31-24/h2-11,17H,12-15H2,1H3,(H,25,26,30). The van der Waals surface area contributed by atoms with Crippen LogP contribution in [0.2, 0.25) is 0 Å². The third kappa shape index (κ3) is 4.14. The van der Waals surface area contributed by atoms with Crippen LogP contribution in [0.1, 0.15) is 18.4 Å². The van der Waals surface area contributed by atoms with Gasteiger partial charge in [0.1, 0.15) is 0 Å². The number of nitrogens with zero attached hydrogens (tertiary/aromatic N) is 4. The number of thiazole rings is 1. The molecule has 1 amide bonds. The van der Waals surface area contributed by atoms with Crippen molar-refractivity contribution in [3.8, 4) is 11.3 Å². The zero-order valence-electron chi connectivity index (χ0n) is 17.3. The maximum Gasteiger partial charge on any atom is 0.229 e. The number of carbonyl (C=O) groups is 1. The maximum absolute atomic E-state index is 12.7. The van der Waals surface area contributed by atoms with Gasteiger partial charge < -0.3 is 10.2 Å². The molecule has 0 spiro atoms. The fraction of sp³-hybridized carbons (Fsp3) is 0.250. The first kappa shape index (κ1) is 19.6. The van der Waals surface area contributed by atoms with Crippen LogP contribution in [0.25, 0.3) is 21.5 Å². The van der Waals surface area contributed by atoms with Crippen LogP contribution in [0, 0.1) is 12.8 Å². The highest BCUT2D eigenvalue weighted by Gasteiger charge is 2.26. The van der Waals surface area contributed by atoms with Gasteiger partial charge in [-0.15, -0.1) is 10.2 Å². The Labute approximate surface area is 185 Å². The van der Waals surface area contributed by atoms with Gasteiger partial charge >= 0.3 is 0 Å². The molecule has 1 aliphatic heterocycles. The minimum atomic E-state index is -0.0116. The van der Waals surface area contributed by atoms with Crippen molar-refractivity contribution < 1.29 is 4.79 Å². The summed E-state index contributed by atoms with van der Waals surface area (Å²) in [6.45, 7) is 3.65. The van der Waals surface area contributed by atoms with E-state index in [-0.39, 0.29) is 11.8 Å². The number of piperidine rings is 1. The summed E-state index contributed by atoms with van der Waals surface area (Å²) in [5.74, 6) is 0.907. The summed E-state index contributed by atoms with van der Waals surface area (Å²) in [5.41, 5.74) is 4.09. The smallest absolute Gasteiger partial charge is 0.229 e. The minimum absolute atomic E-state index is 0.0116. The van der Waals surface area contributed by atoms with Crippen molar-refractivity contribution in [2.24, 2.45) is 5.92 Å². The molecule has 3 heterocycles. The Hall–Kier alpha value is -3.32. The Kier molecular flexibility index (Phi) is 5.34. The molecule has 156 valence electrons. The molecule has 2 aromatic heterocycles. The van der Waals surface area contributed by atoms with Gasteiger partial charge in [0.15, 0.2) is 10.9 Å². The van der Waals surface area contributed by atoms with Gasteiger partial charge in [0.05, 0.1) is 15.9 Å². The van der Waals surface area contributed by atoms with Crippen LogP contribution in [-0.4, -0.2) is 34.2 Å². The van der Waals surface area contributed by atoms with Crippen molar-refractivity contribution in [1.82, 2.24) is 15.2 Å². The Bertz CT molecular complexity index is 1180. The predicted molar refractivity (Wildman–Crippen MR) is 125 cm³/mol. The quantitative estimate of drug-likeness (QED) is 0.499. The Morgan fingerprint density at radius 2 is 1.77 bits per heavy atom. The molecule has 2 aromatic carbocycles. The van der Waals surface area contributed by atoms with Crippen LogP contribution in [-0.2, 0) is 4.79 Å². The van der Waals surface area contributed by atoms with Crippen molar-refractivity contribution >= 4 is 38.4 Å². The van der Waals surface area contributed by atoms with Crippen molar-refractivity contribution in [2.75, 3.05) is 23.3 Å². The number of fused-ring (bicyclic) bond motifs is 1. The monoisotopic (exact) mass is 429 g/mol. The predicted octanol–water partition coefficient (Wildman–Crippen LogP) is 4.92. The fourth-order valence-electron chi connectivity index (χ4n) is 4.00. The largest absolute Gasteiger partial charge is 0.355 e. The molecule has 1 aliphatic rings. The maximum atomic E-state index is 12.7. The van der Waals surface area contributed by atoms with E-state index in [9.17, 15) is 4.79 Å². The molecule has 1 saturated heterocycles. The van der Waals surface area contributed by atoms with Gasteiger partial charge in [-0.05, 0) is 49.6 Å². The zero-order chi connectivity index (χ0) is 21.2. The molecule has 0 unspecified atom stereocenters. The first-order valence-electron chi connectivity index (χ1n) is 10.5. The number of anilines is 2. The molecule has 0 aliphatic carbocycles. The molecule has 5 rings (SSSR count). The number of hydrogen-bond acceptors (Lipinski definition) is 6. The van der Waals surface area contributed by atoms with E-state index in [2.05, 4.69) is 44.5 Å². The average Bonchev–Trinajstić information content (AvgIpc) is 3.22. The van der Waals surface area contributed by atoms with Gasteiger partial charge in [0, 0.05) is 24.6 Å². The molecule has 7 heteroatoms.